The summed E-state index contributed by atoms with van der Waals surface area (Å²) in [5.41, 5.74) is 0.492. The SMILES string of the molecule is CCOC1CC(Nc2cc(Br)ccc2F)C1OC. The van der Waals surface area contributed by atoms with Crippen LogP contribution in [0.2, 0.25) is 0 Å². The lowest BCUT2D eigenvalue weighted by Gasteiger charge is -2.43. The third kappa shape index (κ3) is 2.84. The predicted molar refractivity (Wildman–Crippen MR) is 72.3 cm³/mol. The number of methoxy groups -OCH3 is 1. The van der Waals surface area contributed by atoms with Crippen LogP contribution >= 0.6 is 15.9 Å². The highest BCUT2D eigenvalue weighted by Crippen LogP contribution is 2.31. The first-order valence-electron chi connectivity index (χ1n) is 6.01. The van der Waals surface area contributed by atoms with Gasteiger partial charge in [0.05, 0.1) is 17.8 Å². The van der Waals surface area contributed by atoms with Gasteiger partial charge in [0.2, 0.25) is 0 Å². The molecule has 5 heteroatoms. The van der Waals surface area contributed by atoms with Crippen molar-refractivity contribution in [2.45, 2.75) is 31.6 Å². The Kier molecular flexibility index (Phi) is 4.59. The summed E-state index contributed by atoms with van der Waals surface area (Å²) in [6.45, 7) is 2.63. The molecule has 1 aromatic rings. The molecule has 1 aliphatic rings. The molecule has 1 fully saturated rings. The molecule has 0 radical (unpaired) electrons. The van der Waals surface area contributed by atoms with Crippen LogP contribution in [-0.4, -0.2) is 32.0 Å². The molecule has 0 amide bonds. The zero-order valence-electron chi connectivity index (χ0n) is 10.5. The van der Waals surface area contributed by atoms with Crippen molar-refractivity contribution in [3.8, 4) is 0 Å². The molecule has 0 spiro atoms. The number of benzene rings is 1. The van der Waals surface area contributed by atoms with Crippen molar-refractivity contribution in [1.82, 2.24) is 0 Å². The molecule has 3 atom stereocenters. The van der Waals surface area contributed by atoms with Gasteiger partial charge in [0, 0.05) is 18.2 Å². The number of ether oxygens (including phenoxy) is 2. The Labute approximate surface area is 115 Å². The van der Waals surface area contributed by atoms with Gasteiger partial charge in [0.1, 0.15) is 11.9 Å². The average molecular weight is 318 g/mol. The first-order valence-corrected chi connectivity index (χ1v) is 6.81. The second-order valence-electron chi connectivity index (χ2n) is 4.30. The Morgan fingerprint density at radius 2 is 2.28 bits per heavy atom. The van der Waals surface area contributed by atoms with Crippen LogP contribution in [0.4, 0.5) is 10.1 Å². The topological polar surface area (TPSA) is 30.5 Å². The normalized spacial score (nSPS) is 26.8. The summed E-state index contributed by atoms with van der Waals surface area (Å²) in [5.74, 6) is -0.257. The van der Waals surface area contributed by atoms with Gasteiger partial charge in [-0.2, -0.15) is 0 Å². The first kappa shape index (κ1) is 13.8. The first-order chi connectivity index (χ1) is 8.65. The van der Waals surface area contributed by atoms with Gasteiger partial charge in [-0.3, -0.25) is 0 Å². The van der Waals surface area contributed by atoms with Crippen LogP contribution < -0.4 is 5.32 Å². The maximum atomic E-state index is 13.6. The number of hydrogen-bond donors (Lipinski definition) is 1. The Morgan fingerprint density at radius 3 is 2.94 bits per heavy atom. The van der Waals surface area contributed by atoms with E-state index in [2.05, 4.69) is 21.2 Å². The van der Waals surface area contributed by atoms with Gasteiger partial charge in [-0.25, -0.2) is 4.39 Å². The van der Waals surface area contributed by atoms with Crippen LogP contribution in [0.15, 0.2) is 22.7 Å². The van der Waals surface area contributed by atoms with Crippen molar-refractivity contribution < 1.29 is 13.9 Å². The summed E-state index contributed by atoms with van der Waals surface area (Å²) >= 11 is 3.33. The average Bonchev–Trinajstić information content (AvgIpc) is 2.32. The Morgan fingerprint density at radius 1 is 1.50 bits per heavy atom. The third-order valence-electron chi connectivity index (χ3n) is 3.17. The molecule has 0 aliphatic heterocycles. The van der Waals surface area contributed by atoms with Crippen LogP contribution in [0.1, 0.15) is 13.3 Å². The zero-order chi connectivity index (χ0) is 13.1. The molecule has 3 nitrogen and oxygen atoms in total. The number of rotatable bonds is 5. The van der Waals surface area contributed by atoms with Crippen molar-refractivity contribution in [3.63, 3.8) is 0 Å². The highest BCUT2D eigenvalue weighted by atomic mass is 79.9. The van der Waals surface area contributed by atoms with E-state index in [0.717, 1.165) is 10.9 Å². The second-order valence-corrected chi connectivity index (χ2v) is 5.22. The van der Waals surface area contributed by atoms with E-state index in [4.69, 9.17) is 9.47 Å². The number of nitrogens with one attached hydrogen (secondary N) is 1. The van der Waals surface area contributed by atoms with Gasteiger partial charge >= 0.3 is 0 Å². The van der Waals surface area contributed by atoms with Gasteiger partial charge in [-0.15, -0.1) is 0 Å². The van der Waals surface area contributed by atoms with Crippen LogP contribution in [-0.2, 0) is 9.47 Å². The van der Waals surface area contributed by atoms with E-state index in [9.17, 15) is 4.39 Å². The van der Waals surface area contributed by atoms with Crippen molar-refractivity contribution in [1.29, 1.82) is 0 Å². The molecule has 1 aromatic carbocycles. The van der Waals surface area contributed by atoms with Crippen LogP contribution in [0.25, 0.3) is 0 Å². The van der Waals surface area contributed by atoms with Crippen LogP contribution in [0.3, 0.4) is 0 Å². The van der Waals surface area contributed by atoms with Gasteiger partial charge < -0.3 is 14.8 Å². The van der Waals surface area contributed by atoms with Gasteiger partial charge in [-0.1, -0.05) is 15.9 Å². The fourth-order valence-electron chi connectivity index (χ4n) is 2.22. The Bertz CT molecular complexity index is 416. The maximum absolute atomic E-state index is 13.6. The Balaban J connectivity index is 2.00. The van der Waals surface area contributed by atoms with E-state index < -0.39 is 0 Å². The molecule has 0 heterocycles. The molecule has 3 unspecified atom stereocenters. The van der Waals surface area contributed by atoms with Crippen LogP contribution in [0.5, 0.6) is 0 Å². The molecule has 100 valence electrons. The van der Waals surface area contributed by atoms with Gasteiger partial charge in [0.15, 0.2) is 0 Å². The molecule has 0 aromatic heterocycles. The lowest BCUT2D eigenvalue weighted by Crippen LogP contribution is -2.56. The van der Waals surface area contributed by atoms with Crippen LogP contribution in [0, 0.1) is 5.82 Å². The molecule has 1 N–H and O–H groups in total. The van der Waals surface area contributed by atoms with Gasteiger partial charge in [-0.05, 0) is 31.5 Å². The van der Waals surface area contributed by atoms with E-state index in [1.54, 1.807) is 19.2 Å². The summed E-state index contributed by atoms with van der Waals surface area (Å²) in [6.07, 6.45) is 0.911. The standard InChI is InChI=1S/C13H17BrFNO2/c1-3-18-12-7-11(13(12)17-2)16-10-6-8(14)4-5-9(10)15/h4-6,11-13,16H,3,7H2,1-2H3. The van der Waals surface area contributed by atoms with Crippen molar-refractivity contribution in [2.75, 3.05) is 19.0 Å². The third-order valence-corrected chi connectivity index (χ3v) is 3.66. The fourth-order valence-corrected chi connectivity index (χ4v) is 2.58. The summed E-state index contributed by atoms with van der Waals surface area (Å²) < 4.78 is 25.4. The molecular weight excluding hydrogens is 301 g/mol. The lowest BCUT2D eigenvalue weighted by atomic mass is 9.85. The fraction of sp³-hybridized carbons (Fsp3) is 0.538. The summed E-state index contributed by atoms with van der Waals surface area (Å²) in [4.78, 5) is 0. The molecule has 1 saturated carbocycles. The predicted octanol–water partition coefficient (Wildman–Crippen LogP) is 3.19. The zero-order valence-corrected chi connectivity index (χ0v) is 12.0. The number of halogens is 2. The molecule has 0 bridgehead atoms. The van der Waals surface area contributed by atoms with Crippen molar-refractivity contribution >= 4 is 21.6 Å². The summed E-state index contributed by atoms with van der Waals surface area (Å²) in [5, 5.41) is 3.17. The summed E-state index contributed by atoms with van der Waals surface area (Å²) in [6, 6.07) is 4.94. The molecule has 2 rings (SSSR count). The molecule has 1 aliphatic carbocycles. The molecular formula is C13H17BrFNO2. The minimum Gasteiger partial charge on any atom is -0.377 e. The van der Waals surface area contributed by atoms with E-state index in [1.165, 1.54) is 6.07 Å². The molecule has 18 heavy (non-hydrogen) atoms. The highest BCUT2D eigenvalue weighted by Gasteiger charge is 2.42. The van der Waals surface area contributed by atoms with Gasteiger partial charge in [0.25, 0.3) is 0 Å². The number of anilines is 1. The van der Waals surface area contributed by atoms with E-state index in [-0.39, 0.29) is 24.1 Å². The Hall–Kier alpha value is -0.650. The highest BCUT2D eigenvalue weighted by molar-refractivity contribution is 9.10. The smallest absolute Gasteiger partial charge is 0.146 e. The summed E-state index contributed by atoms with van der Waals surface area (Å²) in [7, 11) is 1.65. The molecule has 0 saturated heterocycles. The van der Waals surface area contributed by atoms with E-state index >= 15 is 0 Å². The lowest BCUT2D eigenvalue weighted by molar-refractivity contribution is -0.118. The minimum absolute atomic E-state index is 0.0247. The number of hydrogen-bond acceptors (Lipinski definition) is 3. The largest absolute Gasteiger partial charge is 0.377 e. The quantitative estimate of drug-likeness (QED) is 0.904. The second kappa shape index (κ2) is 5.99. The maximum Gasteiger partial charge on any atom is 0.146 e. The van der Waals surface area contributed by atoms with Crippen molar-refractivity contribution in [3.05, 3.63) is 28.5 Å². The van der Waals surface area contributed by atoms with E-state index in [0.29, 0.717) is 12.3 Å². The van der Waals surface area contributed by atoms with Crippen molar-refractivity contribution in [2.24, 2.45) is 0 Å². The van der Waals surface area contributed by atoms with E-state index in [1.807, 2.05) is 6.92 Å². The monoisotopic (exact) mass is 317 g/mol. The minimum atomic E-state index is -0.257.